The average Bonchev–Trinajstić information content (AvgIpc) is 2.35. The normalized spacial score (nSPS) is 10.4. The van der Waals surface area contributed by atoms with Gasteiger partial charge in [-0.25, -0.2) is 13.8 Å². The van der Waals surface area contributed by atoms with Crippen molar-refractivity contribution in [1.82, 2.24) is 4.98 Å². The number of rotatable bonds is 3. The Balaban J connectivity index is 2.28. The van der Waals surface area contributed by atoms with E-state index >= 15 is 0 Å². The van der Waals surface area contributed by atoms with Gasteiger partial charge in [0.1, 0.15) is 5.82 Å². The van der Waals surface area contributed by atoms with Crippen LogP contribution in [0.5, 0.6) is 11.6 Å². The SMILES string of the molecule is Fc1ccc(Oc2cc(CCl)c(Cl)cn2)c(F)c1. The number of hydrogen-bond acceptors (Lipinski definition) is 2. The third-order valence-electron chi connectivity index (χ3n) is 2.16. The van der Waals surface area contributed by atoms with E-state index in [1.807, 2.05) is 0 Å². The molecule has 0 amide bonds. The highest BCUT2D eigenvalue weighted by molar-refractivity contribution is 6.32. The highest BCUT2D eigenvalue weighted by Gasteiger charge is 2.09. The van der Waals surface area contributed by atoms with Crippen LogP contribution in [-0.2, 0) is 5.88 Å². The number of pyridine rings is 1. The molecule has 0 unspecified atom stereocenters. The minimum Gasteiger partial charge on any atom is -0.436 e. The standard InChI is InChI=1S/C12H7Cl2F2NO/c13-5-7-3-12(17-6-9(7)14)18-11-2-1-8(15)4-10(11)16/h1-4,6H,5H2. The lowest BCUT2D eigenvalue weighted by Crippen LogP contribution is -1.93. The van der Waals surface area contributed by atoms with Gasteiger partial charge in [0.25, 0.3) is 0 Å². The van der Waals surface area contributed by atoms with Crippen LogP contribution in [0.2, 0.25) is 5.02 Å². The zero-order valence-corrected chi connectivity index (χ0v) is 10.5. The van der Waals surface area contributed by atoms with E-state index in [2.05, 4.69) is 4.98 Å². The molecule has 0 fully saturated rings. The smallest absolute Gasteiger partial charge is 0.219 e. The van der Waals surface area contributed by atoms with Gasteiger partial charge in [0.15, 0.2) is 11.6 Å². The molecule has 0 radical (unpaired) electrons. The van der Waals surface area contributed by atoms with E-state index in [0.29, 0.717) is 10.6 Å². The monoisotopic (exact) mass is 289 g/mol. The van der Waals surface area contributed by atoms with E-state index in [1.165, 1.54) is 18.3 Å². The van der Waals surface area contributed by atoms with Crippen LogP contribution in [0.15, 0.2) is 30.5 Å². The lowest BCUT2D eigenvalue weighted by Gasteiger charge is -2.07. The molecule has 94 valence electrons. The molecule has 2 aromatic rings. The molecule has 0 aliphatic heterocycles. The second-order valence-electron chi connectivity index (χ2n) is 3.42. The lowest BCUT2D eigenvalue weighted by atomic mass is 10.3. The number of halogens is 4. The quantitative estimate of drug-likeness (QED) is 0.774. The van der Waals surface area contributed by atoms with Crippen molar-refractivity contribution in [1.29, 1.82) is 0 Å². The Hall–Kier alpha value is -1.39. The highest BCUT2D eigenvalue weighted by atomic mass is 35.5. The third kappa shape index (κ3) is 2.89. The summed E-state index contributed by atoms with van der Waals surface area (Å²) >= 11 is 11.5. The van der Waals surface area contributed by atoms with Crippen LogP contribution in [0.4, 0.5) is 8.78 Å². The van der Waals surface area contributed by atoms with Gasteiger partial charge in [-0.05, 0) is 17.7 Å². The first-order valence-electron chi connectivity index (χ1n) is 4.93. The van der Waals surface area contributed by atoms with Crippen LogP contribution < -0.4 is 4.74 Å². The Kier molecular flexibility index (Phi) is 3.99. The predicted molar refractivity (Wildman–Crippen MR) is 65.2 cm³/mol. The topological polar surface area (TPSA) is 22.1 Å². The summed E-state index contributed by atoms with van der Waals surface area (Å²) in [5.74, 6) is -1.28. The molecule has 2 rings (SSSR count). The number of benzene rings is 1. The molecule has 0 aliphatic carbocycles. The molecule has 1 aromatic carbocycles. The predicted octanol–water partition coefficient (Wildman–Crippen LogP) is 4.54. The summed E-state index contributed by atoms with van der Waals surface area (Å²) in [5.41, 5.74) is 0.617. The summed E-state index contributed by atoms with van der Waals surface area (Å²) in [6.45, 7) is 0. The molecule has 18 heavy (non-hydrogen) atoms. The van der Waals surface area contributed by atoms with Gasteiger partial charge in [-0.1, -0.05) is 11.6 Å². The van der Waals surface area contributed by atoms with Gasteiger partial charge in [0, 0.05) is 24.2 Å². The number of hydrogen-bond donors (Lipinski definition) is 0. The molecule has 0 atom stereocenters. The Morgan fingerprint density at radius 1 is 1.22 bits per heavy atom. The van der Waals surface area contributed by atoms with Gasteiger partial charge >= 0.3 is 0 Å². The maximum absolute atomic E-state index is 13.4. The summed E-state index contributed by atoms with van der Waals surface area (Å²) in [6.07, 6.45) is 1.36. The maximum Gasteiger partial charge on any atom is 0.219 e. The summed E-state index contributed by atoms with van der Waals surface area (Å²) in [4.78, 5) is 3.87. The third-order valence-corrected chi connectivity index (χ3v) is 2.79. The molecule has 0 N–H and O–H groups in total. The van der Waals surface area contributed by atoms with Crippen LogP contribution >= 0.6 is 23.2 Å². The molecule has 2 nitrogen and oxygen atoms in total. The van der Waals surface area contributed by atoms with Crippen LogP contribution in [0.25, 0.3) is 0 Å². The van der Waals surface area contributed by atoms with Gasteiger partial charge in [0.05, 0.1) is 5.02 Å². The van der Waals surface area contributed by atoms with E-state index in [-0.39, 0.29) is 17.5 Å². The average molecular weight is 290 g/mol. The Bertz CT molecular complexity index is 578. The van der Waals surface area contributed by atoms with Crippen LogP contribution in [0.3, 0.4) is 0 Å². The van der Waals surface area contributed by atoms with Crippen molar-refractivity contribution in [3.63, 3.8) is 0 Å². The van der Waals surface area contributed by atoms with Crippen molar-refractivity contribution in [2.45, 2.75) is 5.88 Å². The van der Waals surface area contributed by atoms with E-state index in [0.717, 1.165) is 12.1 Å². The van der Waals surface area contributed by atoms with Crippen molar-refractivity contribution in [2.75, 3.05) is 0 Å². The minimum atomic E-state index is -0.806. The Morgan fingerprint density at radius 2 is 2.00 bits per heavy atom. The molecular formula is C12H7Cl2F2NO. The summed E-state index contributed by atoms with van der Waals surface area (Å²) in [5, 5.41) is 0.400. The molecular weight excluding hydrogens is 283 g/mol. The van der Waals surface area contributed by atoms with Gasteiger partial charge in [0.2, 0.25) is 5.88 Å². The van der Waals surface area contributed by atoms with Gasteiger partial charge in [-0.3, -0.25) is 0 Å². The Labute approximate surface area is 112 Å². The molecule has 1 aromatic heterocycles. The number of nitrogens with zero attached hydrogens (tertiary/aromatic N) is 1. The van der Waals surface area contributed by atoms with Gasteiger partial charge < -0.3 is 4.74 Å². The summed E-state index contributed by atoms with van der Waals surface area (Å²) < 4.78 is 31.3. The first kappa shape index (κ1) is 13.1. The van der Waals surface area contributed by atoms with E-state index in [9.17, 15) is 8.78 Å². The van der Waals surface area contributed by atoms with Crippen molar-refractivity contribution >= 4 is 23.2 Å². The summed E-state index contributed by atoms with van der Waals surface area (Å²) in [6, 6.07) is 4.50. The van der Waals surface area contributed by atoms with Gasteiger partial charge in [-0.2, -0.15) is 0 Å². The summed E-state index contributed by atoms with van der Waals surface area (Å²) in [7, 11) is 0. The molecule has 0 aliphatic rings. The van der Waals surface area contributed by atoms with E-state index in [1.54, 1.807) is 0 Å². The number of ether oxygens (including phenoxy) is 1. The zero-order chi connectivity index (χ0) is 13.1. The van der Waals surface area contributed by atoms with Crippen LogP contribution in [0.1, 0.15) is 5.56 Å². The molecule has 0 bridgehead atoms. The fraction of sp³-hybridized carbons (Fsp3) is 0.0833. The van der Waals surface area contributed by atoms with Crippen molar-refractivity contribution in [3.8, 4) is 11.6 Å². The minimum absolute atomic E-state index is 0.119. The molecule has 0 saturated carbocycles. The van der Waals surface area contributed by atoms with E-state index in [4.69, 9.17) is 27.9 Å². The first-order chi connectivity index (χ1) is 8.60. The molecule has 0 saturated heterocycles. The van der Waals surface area contributed by atoms with Crippen molar-refractivity contribution in [2.24, 2.45) is 0 Å². The highest BCUT2D eigenvalue weighted by Crippen LogP contribution is 2.26. The molecule has 1 heterocycles. The van der Waals surface area contributed by atoms with Crippen molar-refractivity contribution < 1.29 is 13.5 Å². The van der Waals surface area contributed by atoms with Crippen LogP contribution in [0, 0.1) is 11.6 Å². The Morgan fingerprint density at radius 3 is 2.67 bits per heavy atom. The van der Waals surface area contributed by atoms with Crippen LogP contribution in [-0.4, -0.2) is 4.98 Å². The fourth-order valence-electron chi connectivity index (χ4n) is 1.29. The largest absolute Gasteiger partial charge is 0.436 e. The molecule has 6 heteroatoms. The van der Waals surface area contributed by atoms with Gasteiger partial charge in [-0.15, -0.1) is 11.6 Å². The van der Waals surface area contributed by atoms with Crippen molar-refractivity contribution in [3.05, 3.63) is 52.7 Å². The second kappa shape index (κ2) is 5.50. The number of aromatic nitrogens is 1. The first-order valence-corrected chi connectivity index (χ1v) is 5.84. The van der Waals surface area contributed by atoms with E-state index < -0.39 is 11.6 Å². The number of alkyl halides is 1. The fourth-order valence-corrected chi connectivity index (χ4v) is 1.75. The zero-order valence-electron chi connectivity index (χ0n) is 8.96. The second-order valence-corrected chi connectivity index (χ2v) is 4.10. The molecule has 0 spiro atoms. The lowest BCUT2D eigenvalue weighted by molar-refractivity contribution is 0.423. The maximum atomic E-state index is 13.4.